The zero-order valence-corrected chi connectivity index (χ0v) is 19.2. The summed E-state index contributed by atoms with van der Waals surface area (Å²) in [5.41, 5.74) is 1.51. The Morgan fingerprint density at radius 3 is 2.57 bits per heavy atom. The van der Waals surface area contributed by atoms with E-state index < -0.39 is 10.0 Å². The lowest BCUT2D eigenvalue weighted by Crippen LogP contribution is -2.31. The molecule has 1 heterocycles. The van der Waals surface area contributed by atoms with Crippen LogP contribution in [-0.4, -0.2) is 39.3 Å². The van der Waals surface area contributed by atoms with Crippen LogP contribution >= 0.6 is 35.0 Å². The Morgan fingerprint density at radius 1 is 1.13 bits per heavy atom. The van der Waals surface area contributed by atoms with E-state index in [9.17, 15) is 13.2 Å². The summed E-state index contributed by atoms with van der Waals surface area (Å²) in [6.45, 7) is 0.934. The third-order valence-corrected chi connectivity index (χ3v) is 7.64. The first-order valence-electron chi connectivity index (χ1n) is 9.36. The van der Waals surface area contributed by atoms with Gasteiger partial charge in [-0.05, 0) is 54.8 Å². The van der Waals surface area contributed by atoms with Crippen LogP contribution in [-0.2, 0) is 25.3 Å². The van der Waals surface area contributed by atoms with Gasteiger partial charge >= 0.3 is 0 Å². The molecule has 10 heteroatoms. The zero-order valence-electron chi connectivity index (χ0n) is 16.1. The molecule has 2 aromatic carbocycles. The minimum absolute atomic E-state index is 0.0697. The monoisotopic (exact) mass is 488 g/mol. The summed E-state index contributed by atoms with van der Waals surface area (Å²) in [6, 6.07) is 11.5. The van der Waals surface area contributed by atoms with E-state index in [1.54, 1.807) is 24.3 Å². The van der Waals surface area contributed by atoms with Gasteiger partial charge in [0.05, 0.1) is 26.8 Å². The van der Waals surface area contributed by atoms with Gasteiger partial charge in [0.2, 0.25) is 15.9 Å². The molecule has 1 atom stereocenters. The van der Waals surface area contributed by atoms with E-state index >= 15 is 0 Å². The number of carbonyl (C=O) groups is 1. The molecule has 1 amide bonds. The average molecular weight is 489 g/mol. The third-order valence-electron chi connectivity index (χ3n) is 4.46. The second-order valence-electron chi connectivity index (χ2n) is 6.80. The van der Waals surface area contributed by atoms with E-state index in [2.05, 4.69) is 10.0 Å². The molecule has 3 rings (SSSR count). The number of ether oxygens (including phenoxy) is 1. The van der Waals surface area contributed by atoms with Gasteiger partial charge in [0.15, 0.2) is 0 Å². The van der Waals surface area contributed by atoms with Gasteiger partial charge in [0, 0.05) is 24.6 Å². The topological polar surface area (TPSA) is 84.5 Å². The summed E-state index contributed by atoms with van der Waals surface area (Å²) in [5, 5.41) is 3.74. The molecule has 0 aromatic heterocycles. The predicted octanol–water partition coefficient (Wildman–Crippen LogP) is 4.32. The van der Waals surface area contributed by atoms with Crippen molar-refractivity contribution in [3.8, 4) is 0 Å². The molecular weight excluding hydrogens is 467 g/mol. The van der Waals surface area contributed by atoms with Crippen molar-refractivity contribution < 1.29 is 17.9 Å². The van der Waals surface area contributed by atoms with Gasteiger partial charge in [-0.2, -0.15) is 0 Å². The van der Waals surface area contributed by atoms with Crippen molar-refractivity contribution in [2.45, 2.75) is 29.6 Å². The maximum Gasteiger partial charge on any atom is 0.240 e. The fraction of sp³-hybridized carbons (Fsp3) is 0.350. The summed E-state index contributed by atoms with van der Waals surface area (Å²) < 4.78 is 32.7. The molecule has 1 aliphatic rings. The maximum atomic E-state index is 12.4. The van der Waals surface area contributed by atoms with Gasteiger partial charge in [-0.25, -0.2) is 13.1 Å². The lowest BCUT2D eigenvalue weighted by atomic mass is 10.2. The summed E-state index contributed by atoms with van der Waals surface area (Å²) in [5.74, 6) is 0.702. The molecule has 0 saturated carbocycles. The van der Waals surface area contributed by atoms with Crippen molar-refractivity contribution >= 4 is 56.6 Å². The second kappa shape index (κ2) is 10.8. The number of hydrogen-bond donors (Lipinski definition) is 2. The van der Waals surface area contributed by atoms with Crippen LogP contribution in [0.1, 0.15) is 18.4 Å². The molecule has 1 saturated heterocycles. The van der Waals surface area contributed by atoms with Crippen LogP contribution in [0, 0.1) is 0 Å². The smallest absolute Gasteiger partial charge is 0.240 e. The van der Waals surface area contributed by atoms with E-state index in [0.717, 1.165) is 18.4 Å². The second-order valence-corrected chi connectivity index (χ2v) is 10.4. The fourth-order valence-corrected chi connectivity index (χ4v) is 5.06. The molecule has 2 N–H and O–H groups in total. The maximum absolute atomic E-state index is 12.4. The Kier molecular flexibility index (Phi) is 8.44. The van der Waals surface area contributed by atoms with Crippen molar-refractivity contribution in [2.24, 2.45) is 0 Å². The molecule has 162 valence electrons. The van der Waals surface area contributed by atoms with Gasteiger partial charge in [0.25, 0.3) is 0 Å². The molecule has 1 unspecified atom stereocenters. The van der Waals surface area contributed by atoms with E-state index in [0.29, 0.717) is 28.1 Å². The zero-order chi connectivity index (χ0) is 21.6. The first-order chi connectivity index (χ1) is 14.3. The van der Waals surface area contributed by atoms with Crippen LogP contribution < -0.4 is 10.0 Å². The molecule has 0 bridgehead atoms. The number of halogens is 2. The van der Waals surface area contributed by atoms with E-state index in [-0.39, 0.29) is 29.2 Å². The molecule has 0 aliphatic carbocycles. The van der Waals surface area contributed by atoms with Crippen molar-refractivity contribution in [1.29, 1.82) is 0 Å². The average Bonchev–Trinajstić information content (AvgIpc) is 3.23. The highest BCUT2D eigenvalue weighted by Gasteiger charge is 2.20. The SMILES string of the molecule is O=C(CSCc1ccc(Cl)c(Cl)c1)Nc1ccc(S(=O)(=O)NCC2CCCO2)cc1. The molecule has 0 spiro atoms. The van der Waals surface area contributed by atoms with Crippen LogP contribution in [0.25, 0.3) is 0 Å². The summed E-state index contributed by atoms with van der Waals surface area (Å²) in [4.78, 5) is 12.3. The number of thioether (sulfide) groups is 1. The lowest BCUT2D eigenvalue weighted by molar-refractivity contribution is -0.113. The molecule has 30 heavy (non-hydrogen) atoms. The first kappa shape index (κ1) is 23.4. The highest BCUT2D eigenvalue weighted by Crippen LogP contribution is 2.24. The number of anilines is 1. The van der Waals surface area contributed by atoms with E-state index in [1.165, 1.54) is 23.9 Å². The van der Waals surface area contributed by atoms with Crippen molar-refractivity contribution in [2.75, 3.05) is 24.2 Å². The van der Waals surface area contributed by atoms with E-state index in [4.69, 9.17) is 27.9 Å². The summed E-state index contributed by atoms with van der Waals surface area (Å²) in [6.07, 6.45) is 1.74. The first-order valence-corrected chi connectivity index (χ1v) is 12.8. The van der Waals surface area contributed by atoms with Crippen LogP contribution in [0.2, 0.25) is 10.0 Å². The number of nitrogens with one attached hydrogen (secondary N) is 2. The Morgan fingerprint density at radius 2 is 1.90 bits per heavy atom. The minimum atomic E-state index is -3.61. The number of amides is 1. The number of carbonyl (C=O) groups excluding carboxylic acids is 1. The van der Waals surface area contributed by atoms with Crippen molar-refractivity contribution in [3.63, 3.8) is 0 Å². The molecule has 1 aliphatic heterocycles. The summed E-state index contributed by atoms with van der Waals surface area (Å²) >= 11 is 13.3. The largest absolute Gasteiger partial charge is 0.377 e. The van der Waals surface area contributed by atoms with Crippen molar-refractivity contribution in [1.82, 2.24) is 4.72 Å². The summed E-state index contributed by atoms with van der Waals surface area (Å²) in [7, 11) is -3.61. The van der Waals surface area contributed by atoms with Crippen molar-refractivity contribution in [3.05, 3.63) is 58.1 Å². The standard InChI is InChI=1S/C20H22Cl2N2O4S2/c21-18-8-3-14(10-19(18)22)12-29-13-20(25)24-15-4-6-17(7-5-15)30(26,27)23-11-16-2-1-9-28-16/h3-8,10,16,23H,1-2,9,11-13H2,(H,24,25). The highest BCUT2D eigenvalue weighted by atomic mass is 35.5. The van der Waals surface area contributed by atoms with Gasteiger partial charge in [-0.3, -0.25) is 4.79 Å². The third kappa shape index (κ3) is 6.87. The Hall–Kier alpha value is -1.29. The molecule has 0 radical (unpaired) electrons. The molecule has 6 nitrogen and oxygen atoms in total. The highest BCUT2D eigenvalue weighted by molar-refractivity contribution is 7.99. The fourth-order valence-electron chi connectivity index (χ4n) is 2.90. The Labute approximate surface area is 190 Å². The number of benzene rings is 2. The van der Waals surface area contributed by atoms with Crippen LogP contribution in [0.5, 0.6) is 0 Å². The number of rotatable bonds is 9. The number of hydrogen-bond acceptors (Lipinski definition) is 5. The van der Waals surface area contributed by atoms with Gasteiger partial charge in [-0.15, -0.1) is 11.8 Å². The Bertz CT molecular complexity index is 979. The van der Waals surface area contributed by atoms with Gasteiger partial charge in [0.1, 0.15) is 0 Å². The lowest BCUT2D eigenvalue weighted by Gasteiger charge is -2.12. The quantitative estimate of drug-likeness (QED) is 0.548. The molecular formula is C20H22Cl2N2O4S2. The predicted molar refractivity (Wildman–Crippen MR) is 122 cm³/mol. The van der Waals surface area contributed by atoms with Crippen LogP contribution in [0.15, 0.2) is 47.4 Å². The minimum Gasteiger partial charge on any atom is -0.377 e. The van der Waals surface area contributed by atoms with Gasteiger partial charge < -0.3 is 10.1 Å². The molecule has 2 aromatic rings. The van der Waals surface area contributed by atoms with Gasteiger partial charge in [-0.1, -0.05) is 29.3 Å². The molecule has 1 fully saturated rings. The van der Waals surface area contributed by atoms with Crippen LogP contribution in [0.4, 0.5) is 5.69 Å². The van der Waals surface area contributed by atoms with Crippen LogP contribution in [0.3, 0.4) is 0 Å². The Balaban J connectivity index is 1.45. The van der Waals surface area contributed by atoms with E-state index in [1.807, 2.05) is 6.07 Å². The number of sulfonamides is 1. The normalized spacial score (nSPS) is 16.5.